The lowest BCUT2D eigenvalue weighted by molar-refractivity contribution is 0.0946. The van der Waals surface area contributed by atoms with Gasteiger partial charge in [-0.05, 0) is 74.1 Å². The first-order valence-electron chi connectivity index (χ1n) is 10.4. The summed E-state index contributed by atoms with van der Waals surface area (Å²) in [6.45, 7) is 3.59. The summed E-state index contributed by atoms with van der Waals surface area (Å²) in [5, 5.41) is 8.27. The van der Waals surface area contributed by atoms with Gasteiger partial charge in [0.05, 0.1) is 0 Å². The molecule has 164 valence electrons. The van der Waals surface area contributed by atoms with Crippen LogP contribution in [0.4, 0.5) is 11.6 Å². The van der Waals surface area contributed by atoms with E-state index in [1.54, 1.807) is 12.3 Å². The van der Waals surface area contributed by atoms with E-state index < -0.39 is 0 Å². The molecule has 0 saturated carbocycles. The lowest BCUT2D eigenvalue weighted by Crippen LogP contribution is -2.33. The molecule has 1 aliphatic heterocycles. The van der Waals surface area contributed by atoms with E-state index >= 15 is 0 Å². The fourth-order valence-corrected chi connectivity index (χ4v) is 3.81. The Hall–Kier alpha value is -3.19. The molecule has 0 atom stereocenters. The van der Waals surface area contributed by atoms with Gasteiger partial charge in [-0.2, -0.15) is 0 Å². The number of nitrogens with zero attached hydrogens (tertiary/aromatic N) is 3. The van der Waals surface area contributed by atoms with Gasteiger partial charge in [0, 0.05) is 24.7 Å². The molecule has 7 nitrogen and oxygen atoms in total. The number of hydrogen-bond donors (Lipinski definition) is 3. The highest BCUT2D eigenvalue weighted by molar-refractivity contribution is 5.93. The number of anilines is 2. The van der Waals surface area contributed by atoms with E-state index in [-0.39, 0.29) is 13.3 Å². The Morgan fingerprint density at radius 1 is 1.19 bits per heavy atom. The number of nitrogen functional groups attached to an aromatic ring is 1. The van der Waals surface area contributed by atoms with Crippen LogP contribution in [0, 0.1) is 5.92 Å². The molecule has 1 saturated heterocycles. The Morgan fingerprint density at radius 3 is 2.81 bits per heavy atom. The Kier molecular flexibility index (Phi) is 7.41. The second-order valence-electron chi connectivity index (χ2n) is 7.97. The Labute approximate surface area is 184 Å². The molecule has 0 aliphatic carbocycles. The molecule has 0 spiro atoms. The molecular formula is C24H32N6O. The van der Waals surface area contributed by atoms with E-state index in [2.05, 4.69) is 32.5 Å². The number of rotatable bonds is 6. The smallest absolute Gasteiger partial charge is 0.270 e. The fourth-order valence-electron chi connectivity index (χ4n) is 3.81. The highest BCUT2D eigenvalue weighted by Gasteiger charge is 2.16. The summed E-state index contributed by atoms with van der Waals surface area (Å²) in [6, 6.07) is 13.3. The van der Waals surface area contributed by atoms with Crippen molar-refractivity contribution in [3.05, 3.63) is 59.9 Å². The quantitative estimate of drug-likeness (QED) is 0.565. The van der Waals surface area contributed by atoms with Crippen molar-refractivity contribution in [1.29, 1.82) is 0 Å². The predicted molar refractivity (Wildman–Crippen MR) is 127 cm³/mol. The Morgan fingerprint density at radius 2 is 2.00 bits per heavy atom. The van der Waals surface area contributed by atoms with Gasteiger partial charge in [0.1, 0.15) is 17.3 Å². The third-order valence-electron chi connectivity index (χ3n) is 5.70. The third kappa shape index (κ3) is 5.70. The van der Waals surface area contributed by atoms with Crippen LogP contribution in [0.5, 0.6) is 0 Å². The molecule has 1 aliphatic rings. The molecule has 1 fully saturated rings. The van der Waals surface area contributed by atoms with Gasteiger partial charge in [0.15, 0.2) is 0 Å². The summed E-state index contributed by atoms with van der Waals surface area (Å²) < 4.78 is 0. The second kappa shape index (κ2) is 10.2. The first-order chi connectivity index (χ1) is 14.6. The number of carbonyl (C=O) groups is 1. The number of aromatic nitrogens is 2. The van der Waals surface area contributed by atoms with Crippen molar-refractivity contribution in [2.24, 2.45) is 5.92 Å². The minimum atomic E-state index is -0.188. The van der Waals surface area contributed by atoms with Crippen molar-refractivity contribution in [2.45, 2.75) is 26.8 Å². The predicted octanol–water partition coefficient (Wildman–Crippen LogP) is 3.53. The molecule has 7 heteroatoms. The van der Waals surface area contributed by atoms with Gasteiger partial charge in [-0.25, -0.2) is 9.97 Å². The van der Waals surface area contributed by atoms with Gasteiger partial charge in [-0.15, -0.1) is 0 Å². The van der Waals surface area contributed by atoms with Crippen LogP contribution in [0.25, 0.3) is 10.8 Å². The van der Waals surface area contributed by atoms with Crippen LogP contribution in [0.1, 0.15) is 36.3 Å². The average molecular weight is 421 g/mol. The summed E-state index contributed by atoms with van der Waals surface area (Å²) in [4.78, 5) is 23.5. The van der Waals surface area contributed by atoms with Crippen molar-refractivity contribution in [2.75, 3.05) is 37.7 Å². The van der Waals surface area contributed by atoms with Gasteiger partial charge in [-0.1, -0.05) is 25.6 Å². The van der Waals surface area contributed by atoms with Crippen LogP contribution in [-0.2, 0) is 6.54 Å². The SMILES string of the molecule is C.CN1CCC(CNc2cccc(C(=O)NCc3ccc4c(N)nccc4c3)n2)CC1. The first-order valence-corrected chi connectivity index (χ1v) is 10.4. The topological polar surface area (TPSA) is 96.2 Å². The zero-order valence-corrected chi connectivity index (χ0v) is 17.3. The van der Waals surface area contributed by atoms with Crippen LogP contribution in [0.15, 0.2) is 48.7 Å². The number of nitrogens with one attached hydrogen (secondary N) is 2. The van der Waals surface area contributed by atoms with E-state index in [1.165, 1.54) is 12.8 Å². The summed E-state index contributed by atoms with van der Waals surface area (Å²) in [7, 11) is 2.16. The van der Waals surface area contributed by atoms with Gasteiger partial charge >= 0.3 is 0 Å². The molecule has 3 heterocycles. The summed E-state index contributed by atoms with van der Waals surface area (Å²) in [6.07, 6.45) is 4.07. The van der Waals surface area contributed by atoms with Gasteiger partial charge < -0.3 is 21.3 Å². The maximum atomic E-state index is 12.6. The maximum Gasteiger partial charge on any atom is 0.270 e. The summed E-state index contributed by atoms with van der Waals surface area (Å²) >= 11 is 0. The van der Waals surface area contributed by atoms with Crippen molar-refractivity contribution >= 4 is 28.3 Å². The number of likely N-dealkylation sites (tertiary alicyclic amines) is 1. The molecule has 0 bridgehead atoms. The zero-order chi connectivity index (χ0) is 20.9. The molecular weight excluding hydrogens is 388 g/mol. The molecule has 31 heavy (non-hydrogen) atoms. The van der Waals surface area contributed by atoms with Gasteiger partial charge in [0.25, 0.3) is 5.91 Å². The number of pyridine rings is 2. The van der Waals surface area contributed by atoms with Crippen molar-refractivity contribution in [3.63, 3.8) is 0 Å². The largest absolute Gasteiger partial charge is 0.383 e. The molecule has 0 radical (unpaired) electrons. The number of fused-ring (bicyclic) bond motifs is 1. The monoisotopic (exact) mass is 420 g/mol. The van der Waals surface area contributed by atoms with Crippen LogP contribution >= 0.6 is 0 Å². The van der Waals surface area contributed by atoms with Crippen molar-refractivity contribution < 1.29 is 4.79 Å². The number of piperidine rings is 1. The van der Waals surface area contributed by atoms with Crippen LogP contribution in [0.3, 0.4) is 0 Å². The van der Waals surface area contributed by atoms with E-state index in [4.69, 9.17) is 5.73 Å². The number of hydrogen-bond acceptors (Lipinski definition) is 6. The fraction of sp³-hybridized carbons (Fsp3) is 0.375. The number of carbonyl (C=O) groups excluding carboxylic acids is 1. The Balaban J connectivity index is 0.00000272. The molecule has 4 N–H and O–H groups in total. The summed E-state index contributed by atoms with van der Waals surface area (Å²) in [5.41, 5.74) is 7.31. The van der Waals surface area contributed by atoms with E-state index in [0.717, 1.165) is 41.8 Å². The normalized spacial score (nSPS) is 14.7. The van der Waals surface area contributed by atoms with Gasteiger partial charge in [0.2, 0.25) is 0 Å². The highest BCUT2D eigenvalue weighted by Crippen LogP contribution is 2.20. The van der Waals surface area contributed by atoms with Gasteiger partial charge in [-0.3, -0.25) is 4.79 Å². The zero-order valence-electron chi connectivity index (χ0n) is 17.3. The minimum Gasteiger partial charge on any atom is -0.383 e. The second-order valence-corrected chi connectivity index (χ2v) is 7.97. The van der Waals surface area contributed by atoms with Crippen LogP contribution < -0.4 is 16.4 Å². The maximum absolute atomic E-state index is 12.6. The lowest BCUT2D eigenvalue weighted by Gasteiger charge is -2.29. The molecule has 2 aromatic heterocycles. The first kappa shape index (κ1) is 22.5. The average Bonchev–Trinajstić information content (AvgIpc) is 2.77. The number of benzene rings is 1. The molecule has 0 unspecified atom stereocenters. The molecule has 1 aromatic carbocycles. The minimum absolute atomic E-state index is 0. The Bertz CT molecular complexity index is 1030. The van der Waals surface area contributed by atoms with E-state index in [1.807, 2.05) is 36.4 Å². The summed E-state index contributed by atoms with van der Waals surface area (Å²) in [5.74, 6) is 1.72. The van der Waals surface area contributed by atoms with Crippen LogP contribution in [0.2, 0.25) is 0 Å². The van der Waals surface area contributed by atoms with E-state index in [9.17, 15) is 4.79 Å². The number of nitrogens with two attached hydrogens (primary N) is 1. The highest BCUT2D eigenvalue weighted by atomic mass is 16.1. The standard InChI is InChI=1S/C23H28N6O.CH4/c1-29-11-8-16(9-12-29)14-26-21-4-2-3-20(28-21)23(30)27-15-17-5-6-19-18(13-17)7-10-25-22(19)24;/h2-7,10,13,16H,8-9,11-12,14-15H2,1H3,(H2,24,25)(H,26,28)(H,27,30);1H4. The molecule has 1 amide bonds. The van der Waals surface area contributed by atoms with Crippen molar-refractivity contribution in [3.8, 4) is 0 Å². The number of amides is 1. The van der Waals surface area contributed by atoms with E-state index in [0.29, 0.717) is 24.0 Å². The molecule has 4 rings (SSSR count). The lowest BCUT2D eigenvalue weighted by atomic mass is 9.97. The third-order valence-corrected chi connectivity index (χ3v) is 5.70. The van der Waals surface area contributed by atoms with Crippen LogP contribution in [-0.4, -0.2) is 47.5 Å². The van der Waals surface area contributed by atoms with Crippen molar-refractivity contribution in [1.82, 2.24) is 20.2 Å². The molecule has 3 aromatic rings.